The summed E-state index contributed by atoms with van der Waals surface area (Å²) in [6, 6.07) is 7.06. The number of ether oxygens (including phenoxy) is 1. The maximum Gasteiger partial charge on any atom is 0.416 e. The zero-order chi connectivity index (χ0) is 28.2. The van der Waals surface area contributed by atoms with Gasteiger partial charge < -0.3 is 15.2 Å². The lowest BCUT2D eigenvalue weighted by atomic mass is 9.83. The highest BCUT2D eigenvalue weighted by Gasteiger charge is 2.38. The first-order chi connectivity index (χ1) is 17.8. The molecule has 5 nitrogen and oxygen atoms in total. The monoisotopic (exact) mass is 549 g/mol. The Morgan fingerprint density at radius 1 is 1.18 bits per heavy atom. The fraction of sp³-hybridized carbons (Fsp3) is 0.448. The summed E-state index contributed by atoms with van der Waals surface area (Å²) in [6.07, 6.45) is -0.743. The van der Waals surface area contributed by atoms with Crippen LogP contribution in [0.1, 0.15) is 77.4 Å². The predicted octanol–water partition coefficient (Wildman–Crippen LogP) is 7.65. The van der Waals surface area contributed by atoms with E-state index in [1.54, 1.807) is 45.0 Å². The van der Waals surface area contributed by atoms with Crippen LogP contribution in [0.15, 0.2) is 42.0 Å². The number of allylic oxidation sites excluding steroid dienone is 4. The molecule has 0 saturated heterocycles. The van der Waals surface area contributed by atoms with E-state index in [0.717, 1.165) is 4.88 Å². The molecule has 0 bridgehead atoms. The van der Waals surface area contributed by atoms with Crippen molar-refractivity contribution < 1.29 is 32.6 Å². The molecule has 3 rings (SSSR count). The standard InChI is InChI=1S/C29H34F3NO4S/c1-16(2)12-23(24-8-9-25(38-24)28(36)33-11-10-26(34)35)37-20-14-18(4)27(19(5)15-20)21-7-6-17(3)13-22(21)29(30,31)32/h7-9,13-17,23H,6,10-12H2,1-5H3,(H,33,36)(H,34,35). The summed E-state index contributed by atoms with van der Waals surface area (Å²) in [5.74, 6) is -0.669. The van der Waals surface area contributed by atoms with Crippen molar-refractivity contribution in [1.82, 2.24) is 5.32 Å². The Hall–Kier alpha value is -3.07. The van der Waals surface area contributed by atoms with Gasteiger partial charge in [0.2, 0.25) is 0 Å². The predicted molar refractivity (Wildman–Crippen MR) is 144 cm³/mol. The number of benzene rings is 1. The zero-order valence-electron chi connectivity index (χ0n) is 22.2. The summed E-state index contributed by atoms with van der Waals surface area (Å²) < 4.78 is 47.9. The van der Waals surface area contributed by atoms with E-state index in [2.05, 4.69) is 19.2 Å². The Labute approximate surface area is 225 Å². The summed E-state index contributed by atoms with van der Waals surface area (Å²) in [6.45, 7) is 9.53. The van der Waals surface area contributed by atoms with Crippen LogP contribution in [0.2, 0.25) is 0 Å². The number of carbonyl (C=O) groups is 2. The van der Waals surface area contributed by atoms with Crippen LogP contribution in [0, 0.1) is 25.7 Å². The molecule has 2 N–H and O–H groups in total. The van der Waals surface area contributed by atoms with Crippen molar-refractivity contribution in [3.8, 4) is 5.75 Å². The van der Waals surface area contributed by atoms with Gasteiger partial charge in [0.15, 0.2) is 0 Å². The summed E-state index contributed by atoms with van der Waals surface area (Å²) in [7, 11) is 0. The lowest BCUT2D eigenvalue weighted by molar-refractivity contribution is -0.136. The zero-order valence-corrected chi connectivity index (χ0v) is 23.1. The lowest BCUT2D eigenvalue weighted by Crippen LogP contribution is -2.25. The Bertz CT molecular complexity index is 1220. The number of aliphatic carboxylic acids is 1. The Balaban J connectivity index is 1.86. The van der Waals surface area contributed by atoms with Gasteiger partial charge in [-0.1, -0.05) is 32.9 Å². The molecule has 1 heterocycles. The number of rotatable bonds is 10. The van der Waals surface area contributed by atoms with Crippen molar-refractivity contribution in [2.75, 3.05) is 6.54 Å². The fourth-order valence-corrected chi connectivity index (χ4v) is 5.56. The molecule has 1 aliphatic carbocycles. The topological polar surface area (TPSA) is 75.6 Å². The summed E-state index contributed by atoms with van der Waals surface area (Å²) in [4.78, 5) is 24.4. The van der Waals surface area contributed by atoms with E-state index in [1.807, 2.05) is 6.07 Å². The number of halogens is 3. The van der Waals surface area contributed by atoms with Crippen LogP contribution in [0.5, 0.6) is 5.75 Å². The number of carboxylic acids is 1. The Morgan fingerprint density at radius 3 is 2.42 bits per heavy atom. The molecule has 0 spiro atoms. The van der Waals surface area contributed by atoms with Crippen LogP contribution >= 0.6 is 11.3 Å². The van der Waals surface area contributed by atoms with E-state index >= 15 is 0 Å². The molecule has 0 saturated carbocycles. The minimum absolute atomic E-state index is 0.0405. The molecule has 0 radical (unpaired) electrons. The quantitative estimate of drug-likeness (QED) is 0.319. The highest BCUT2D eigenvalue weighted by atomic mass is 32.1. The van der Waals surface area contributed by atoms with Crippen molar-refractivity contribution in [3.63, 3.8) is 0 Å². The maximum atomic E-state index is 13.8. The van der Waals surface area contributed by atoms with Crippen LogP contribution in [0.25, 0.3) is 5.57 Å². The van der Waals surface area contributed by atoms with Gasteiger partial charge in [-0.25, -0.2) is 0 Å². The number of carbonyl (C=O) groups excluding carboxylic acids is 1. The van der Waals surface area contributed by atoms with Crippen molar-refractivity contribution in [1.29, 1.82) is 0 Å². The molecule has 0 aliphatic heterocycles. The average molecular weight is 550 g/mol. The molecule has 1 aliphatic rings. The van der Waals surface area contributed by atoms with Crippen molar-refractivity contribution >= 4 is 28.8 Å². The number of nitrogens with one attached hydrogen (secondary N) is 1. The average Bonchev–Trinajstić information content (AvgIpc) is 3.28. The van der Waals surface area contributed by atoms with Gasteiger partial charge in [0.05, 0.1) is 16.9 Å². The Morgan fingerprint density at radius 2 is 1.84 bits per heavy atom. The van der Waals surface area contributed by atoms with Crippen molar-refractivity contribution in [3.05, 3.63) is 68.4 Å². The number of hydrogen-bond acceptors (Lipinski definition) is 4. The second-order valence-corrected chi connectivity index (χ2v) is 11.3. The molecule has 2 unspecified atom stereocenters. The molecule has 1 amide bonds. The Kier molecular flexibility index (Phi) is 9.46. The van der Waals surface area contributed by atoms with Gasteiger partial charge in [-0.3, -0.25) is 9.59 Å². The molecular weight excluding hydrogens is 515 g/mol. The first-order valence-corrected chi connectivity index (χ1v) is 13.5. The molecule has 2 aromatic rings. The normalized spacial score (nSPS) is 16.6. The number of hydrogen-bond donors (Lipinski definition) is 2. The van der Waals surface area contributed by atoms with Gasteiger partial charge in [-0.05, 0) is 85.1 Å². The number of amides is 1. The lowest BCUT2D eigenvalue weighted by Gasteiger charge is -2.26. The smallest absolute Gasteiger partial charge is 0.416 e. The summed E-state index contributed by atoms with van der Waals surface area (Å²) in [5.41, 5.74) is 1.59. The van der Waals surface area contributed by atoms with Crippen LogP contribution < -0.4 is 10.1 Å². The molecule has 2 atom stereocenters. The van der Waals surface area contributed by atoms with Crippen molar-refractivity contribution in [2.45, 2.75) is 66.2 Å². The molecule has 1 aromatic carbocycles. The second-order valence-electron chi connectivity index (χ2n) is 10.2. The molecule has 0 fully saturated rings. The van der Waals surface area contributed by atoms with Gasteiger partial charge >= 0.3 is 12.1 Å². The van der Waals surface area contributed by atoms with Crippen LogP contribution in [-0.4, -0.2) is 29.7 Å². The summed E-state index contributed by atoms with van der Waals surface area (Å²) >= 11 is 1.28. The van der Waals surface area contributed by atoms with Crippen LogP contribution in [-0.2, 0) is 4.79 Å². The fourth-order valence-electron chi connectivity index (χ4n) is 4.59. The third-order valence-electron chi connectivity index (χ3n) is 6.27. The summed E-state index contributed by atoms with van der Waals surface area (Å²) in [5, 5.41) is 11.4. The highest BCUT2D eigenvalue weighted by molar-refractivity contribution is 7.14. The van der Waals surface area contributed by atoms with Gasteiger partial charge in [0.25, 0.3) is 5.91 Å². The number of carboxylic acid groups (broad SMARTS) is 1. The number of alkyl halides is 3. The van der Waals surface area contributed by atoms with E-state index in [4.69, 9.17) is 9.84 Å². The molecule has 206 valence electrons. The first kappa shape index (κ1) is 29.5. The third-order valence-corrected chi connectivity index (χ3v) is 7.45. The third kappa shape index (κ3) is 7.49. The molecule has 38 heavy (non-hydrogen) atoms. The second kappa shape index (κ2) is 12.2. The SMILES string of the molecule is Cc1cc(OC(CC(C)C)c2ccc(C(=O)NCCC(=O)O)s2)cc(C)c1C1=CCC(C)C=C1C(F)(F)F. The molecular formula is C29H34F3NO4S. The van der Waals surface area contributed by atoms with E-state index in [0.29, 0.717) is 40.2 Å². The van der Waals surface area contributed by atoms with E-state index in [9.17, 15) is 22.8 Å². The van der Waals surface area contributed by atoms with Gasteiger partial charge in [0, 0.05) is 11.4 Å². The van der Waals surface area contributed by atoms with Crippen LogP contribution in [0.3, 0.4) is 0 Å². The van der Waals surface area contributed by atoms with Gasteiger partial charge in [-0.15, -0.1) is 11.3 Å². The molecule has 1 aromatic heterocycles. The first-order valence-electron chi connectivity index (χ1n) is 12.6. The largest absolute Gasteiger partial charge is 0.485 e. The van der Waals surface area contributed by atoms with E-state index in [1.165, 1.54) is 17.4 Å². The minimum Gasteiger partial charge on any atom is -0.485 e. The van der Waals surface area contributed by atoms with E-state index in [-0.39, 0.29) is 42.4 Å². The van der Waals surface area contributed by atoms with E-state index < -0.39 is 17.7 Å². The van der Waals surface area contributed by atoms with Gasteiger partial charge in [0.1, 0.15) is 11.9 Å². The van der Waals surface area contributed by atoms with Crippen LogP contribution in [0.4, 0.5) is 13.2 Å². The van der Waals surface area contributed by atoms with Crippen molar-refractivity contribution in [2.24, 2.45) is 11.8 Å². The maximum absolute atomic E-state index is 13.8. The number of aryl methyl sites for hydroxylation is 2. The highest BCUT2D eigenvalue weighted by Crippen LogP contribution is 2.43. The van der Waals surface area contributed by atoms with Gasteiger partial charge in [-0.2, -0.15) is 13.2 Å². The number of thiophene rings is 1. The minimum atomic E-state index is -4.44. The molecule has 9 heteroatoms.